The molecule has 2 aromatic carbocycles. The SMILES string of the molecule is COC(=O)c1cccc2c1c(CCNC1CN3CCC1CC3)nn2Cc1ccccc1. The Morgan fingerprint density at radius 1 is 1.13 bits per heavy atom. The predicted molar refractivity (Wildman–Crippen MR) is 121 cm³/mol. The molecule has 3 aliphatic heterocycles. The fraction of sp³-hybridized carbons (Fsp3) is 0.440. The van der Waals surface area contributed by atoms with Crippen molar-refractivity contribution in [3.8, 4) is 0 Å². The van der Waals surface area contributed by atoms with Gasteiger partial charge in [-0.25, -0.2) is 4.79 Å². The Kier molecular flexibility index (Phi) is 5.74. The number of carbonyl (C=O) groups is 1. The van der Waals surface area contributed by atoms with Gasteiger partial charge in [-0.2, -0.15) is 5.10 Å². The number of esters is 1. The molecule has 3 aliphatic rings. The molecule has 0 saturated carbocycles. The average Bonchev–Trinajstić information content (AvgIpc) is 3.17. The molecular formula is C25H30N4O2. The lowest BCUT2D eigenvalue weighted by Crippen LogP contribution is -2.56. The summed E-state index contributed by atoms with van der Waals surface area (Å²) in [4.78, 5) is 15.0. The number of aromatic nitrogens is 2. The quantitative estimate of drug-likeness (QED) is 0.598. The molecule has 1 N–H and O–H groups in total. The lowest BCUT2D eigenvalue weighted by Gasteiger charge is -2.45. The number of piperidine rings is 3. The second-order valence-electron chi connectivity index (χ2n) is 8.73. The molecule has 3 saturated heterocycles. The number of rotatable bonds is 7. The van der Waals surface area contributed by atoms with Gasteiger partial charge in [0, 0.05) is 30.9 Å². The van der Waals surface area contributed by atoms with Crippen LogP contribution < -0.4 is 5.32 Å². The van der Waals surface area contributed by atoms with Gasteiger partial charge in [0.2, 0.25) is 0 Å². The van der Waals surface area contributed by atoms with Crippen LogP contribution in [0, 0.1) is 5.92 Å². The van der Waals surface area contributed by atoms with E-state index in [1.54, 1.807) is 0 Å². The molecule has 162 valence electrons. The third-order valence-electron chi connectivity index (χ3n) is 6.86. The van der Waals surface area contributed by atoms with Crippen LogP contribution in [0.4, 0.5) is 0 Å². The molecule has 3 fully saturated rings. The number of hydrogen-bond acceptors (Lipinski definition) is 5. The Labute approximate surface area is 183 Å². The van der Waals surface area contributed by atoms with Crippen molar-refractivity contribution in [2.75, 3.05) is 33.3 Å². The summed E-state index contributed by atoms with van der Waals surface area (Å²) in [5.74, 6) is 0.486. The molecule has 3 aromatic rings. The molecule has 1 unspecified atom stereocenters. The number of hydrogen-bond donors (Lipinski definition) is 1. The number of nitrogens with zero attached hydrogens (tertiary/aromatic N) is 3. The molecule has 1 atom stereocenters. The molecule has 0 amide bonds. The fourth-order valence-electron chi connectivity index (χ4n) is 5.21. The average molecular weight is 419 g/mol. The summed E-state index contributed by atoms with van der Waals surface area (Å²) in [5, 5.41) is 9.65. The van der Waals surface area contributed by atoms with E-state index in [2.05, 4.69) is 22.3 Å². The van der Waals surface area contributed by atoms with E-state index in [0.717, 1.165) is 42.0 Å². The van der Waals surface area contributed by atoms with E-state index >= 15 is 0 Å². The van der Waals surface area contributed by atoms with E-state index in [1.807, 2.05) is 41.1 Å². The van der Waals surface area contributed by atoms with E-state index in [4.69, 9.17) is 9.84 Å². The van der Waals surface area contributed by atoms with Crippen LogP contribution in [0.15, 0.2) is 48.5 Å². The first kappa shape index (κ1) is 20.2. The number of fused-ring (bicyclic) bond motifs is 4. The zero-order valence-corrected chi connectivity index (χ0v) is 18.1. The zero-order valence-electron chi connectivity index (χ0n) is 18.1. The highest BCUT2D eigenvalue weighted by molar-refractivity contribution is 6.04. The topological polar surface area (TPSA) is 59.4 Å². The maximum atomic E-state index is 12.5. The number of nitrogens with one attached hydrogen (secondary N) is 1. The maximum absolute atomic E-state index is 12.5. The number of benzene rings is 2. The minimum absolute atomic E-state index is 0.309. The number of methoxy groups -OCH3 is 1. The van der Waals surface area contributed by atoms with Crippen molar-refractivity contribution >= 4 is 16.9 Å². The predicted octanol–water partition coefficient (Wildman–Crippen LogP) is 3.10. The van der Waals surface area contributed by atoms with Crippen LogP contribution >= 0.6 is 0 Å². The molecule has 4 heterocycles. The largest absolute Gasteiger partial charge is 0.465 e. The minimum atomic E-state index is -0.309. The molecule has 6 rings (SSSR count). The Morgan fingerprint density at radius 2 is 1.94 bits per heavy atom. The van der Waals surface area contributed by atoms with Crippen molar-refractivity contribution in [1.82, 2.24) is 20.0 Å². The molecule has 0 radical (unpaired) electrons. The highest BCUT2D eigenvalue weighted by Crippen LogP contribution is 2.28. The maximum Gasteiger partial charge on any atom is 0.338 e. The van der Waals surface area contributed by atoms with Crippen molar-refractivity contribution in [3.63, 3.8) is 0 Å². The summed E-state index contributed by atoms with van der Waals surface area (Å²) in [5.41, 5.74) is 3.72. The first-order chi connectivity index (χ1) is 15.2. The second kappa shape index (κ2) is 8.81. The van der Waals surface area contributed by atoms with E-state index in [9.17, 15) is 4.79 Å². The van der Waals surface area contributed by atoms with Gasteiger partial charge in [0.1, 0.15) is 0 Å². The van der Waals surface area contributed by atoms with Crippen molar-refractivity contribution < 1.29 is 9.53 Å². The van der Waals surface area contributed by atoms with Gasteiger partial charge in [0.25, 0.3) is 0 Å². The molecule has 31 heavy (non-hydrogen) atoms. The van der Waals surface area contributed by atoms with Crippen molar-refractivity contribution in [1.29, 1.82) is 0 Å². The zero-order chi connectivity index (χ0) is 21.2. The first-order valence-corrected chi connectivity index (χ1v) is 11.3. The summed E-state index contributed by atoms with van der Waals surface area (Å²) in [6, 6.07) is 16.7. The number of carbonyl (C=O) groups excluding carboxylic acids is 1. The first-order valence-electron chi connectivity index (χ1n) is 11.3. The molecule has 1 aromatic heterocycles. The Balaban J connectivity index is 1.41. The van der Waals surface area contributed by atoms with E-state index < -0.39 is 0 Å². The van der Waals surface area contributed by atoms with Gasteiger partial charge < -0.3 is 15.0 Å². The molecular weight excluding hydrogens is 388 g/mol. The van der Waals surface area contributed by atoms with Gasteiger partial charge in [0.15, 0.2) is 0 Å². The van der Waals surface area contributed by atoms with Gasteiger partial charge in [-0.05, 0) is 49.5 Å². The summed E-state index contributed by atoms with van der Waals surface area (Å²) in [6.45, 7) is 5.19. The van der Waals surface area contributed by atoms with Gasteiger partial charge in [-0.1, -0.05) is 36.4 Å². The van der Waals surface area contributed by atoms with Crippen molar-refractivity contribution in [2.24, 2.45) is 5.92 Å². The summed E-state index contributed by atoms with van der Waals surface area (Å²) in [6.07, 6.45) is 3.40. The minimum Gasteiger partial charge on any atom is -0.465 e. The van der Waals surface area contributed by atoms with Crippen LogP contribution in [0.2, 0.25) is 0 Å². The van der Waals surface area contributed by atoms with Gasteiger partial charge >= 0.3 is 5.97 Å². The van der Waals surface area contributed by atoms with Crippen molar-refractivity contribution in [3.05, 3.63) is 65.4 Å². The van der Waals surface area contributed by atoms with Crippen LogP contribution in [0.3, 0.4) is 0 Å². The van der Waals surface area contributed by atoms with Crippen LogP contribution in [0.25, 0.3) is 10.9 Å². The summed E-state index contributed by atoms with van der Waals surface area (Å²) >= 11 is 0. The third-order valence-corrected chi connectivity index (χ3v) is 6.86. The normalized spacial score (nSPS) is 22.7. The van der Waals surface area contributed by atoms with E-state index in [1.165, 1.54) is 38.6 Å². The van der Waals surface area contributed by atoms with Gasteiger partial charge in [0.05, 0.1) is 30.4 Å². The molecule has 0 aliphatic carbocycles. The number of ether oxygens (including phenoxy) is 1. The summed E-state index contributed by atoms with van der Waals surface area (Å²) < 4.78 is 7.08. The van der Waals surface area contributed by atoms with Crippen LogP contribution in [-0.2, 0) is 17.7 Å². The smallest absolute Gasteiger partial charge is 0.338 e. The Hall–Kier alpha value is -2.70. The Bertz CT molecular complexity index is 1050. The van der Waals surface area contributed by atoms with Crippen LogP contribution in [0.5, 0.6) is 0 Å². The molecule has 0 spiro atoms. The highest BCUT2D eigenvalue weighted by Gasteiger charge is 2.33. The molecule has 6 heteroatoms. The molecule has 2 bridgehead atoms. The second-order valence-corrected chi connectivity index (χ2v) is 8.73. The monoisotopic (exact) mass is 418 g/mol. The van der Waals surface area contributed by atoms with E-state index in [-0.39, 0.29) is 5.97 Å². The lowest BCUT2D eigenvalue weighted by molar-refractivity contribution is 0.0603. The van der Waals surface area contributed by atoms with Crippen LogP contribution in [-0.4, -0.2) is 60.0 Å². The van der Waals surface area contributed by atoms with Gasteiger partial charge in [-0.3, -0.25) is 4.68 Å². The lowest BCUT2D eigenvalue weighted by atomic mass is 9.84. The fourth-order valence-corrected chi connectivity index (χ4v) is 5.21. The highest BCUT2D eigenvalue weighted by atomic mass is 16.5. The Morgan fingerprint density at radius 3 is 2.65 bits per heavy atom. The summed E-state index contributed by atoms with van der Waals surface area (Å²) in [7, 11) is 1.43. The molecule has 6 nitrogen and oxygen atoms in total. The van der Waals surface area contributed by atoms with E-state index in [0.29, 0.717) is 18.2 Å². The van der Waals surface area contributed by atoms with Gasteiger partial charge in [-0.15, -0.1) is 0 Å². The van der Waals surface area contributed by atoms with Crippen LogP contribution in [0.1, 0.15) is 34.5 Å². The standard InChI is InChI=1S/C25H30N4O2/c1-31-25(30)20-8-5-9-23-24(20)21(27-29(23)16-18-6-3-2-4-7-18)10-13-26-22-17-28-14-11-19(22)12-15-28/h2-9,19,22,26H,10-17H2,1H3. The van der Waals surface area contributed by atoms with Crippen molar-refractivity contribution in [2.45, 2.75) is 31.8 Å². The third kappa shape index (κ3) is 4.10.